The van der Waals surface area contributed by atoms with Gasteiger partial charge in [-0.05, 0) is 55.5 Å². The second-order valence-corrected chi connectivity index (χ2v) is 5.54. The van der Waals surface area contributed by atoms with E-state index in [0.29, 0.717) is 26.9 Å². The van der Waals surface area contributed by atoms with Crippen LogP contribution < -0.4 is 5.56 Å². The molecule has 1 aromatic heterocycles. The Balaban J connectivity index is 2.22. The molecule has 0 aliphatic carbocycles. The van der Waals surface area contributed by atoms with E-state index in [1.165, 1.54) is 11.7 Å². The van der Waals surface area contributed by atoms with E-state index < -0.39 is 5.97 Å². The van der Waals surface area contributed by atoms with Crippen molar-refractivity contribution in [1.29, 1.82) is 0 Å². The molecule has 1 heterocycles. The molecule has 2 aromatic carbocycles. The van der Waals surface area contributed by atoms with Crippen LogP contribution in [0.4, 0.5) is 0 Å². The zero-order valence-corrected chi connectivity index (χ0v) is 13.4. The first-order valence-electron chi connectivity index (χ1n) is 6.95. The van der Waals surface area contributed by atoms with Crippen molar-refractivity contribution in [3.8, 4) is 5.69 Å². The molecule has 0 radical (unpaired) electrons. The molecule has 0 bridgehead atoms. The minimum absolute atomic E-state index is 0.196. The number of aromatic nitrogens is 2. The van der Waals surface area contributed by atoms with E-state index in [0.717, 1.165) is 5.56 Å². The Kier molecular flexibility index (Phi) is 3.83. The van der Waals surface area contributed by atoms with Crippen molar-refractivity contribution in [3.05, 3.63) is 68.7 Å². The highest BCUT2D eigenvalue weighted by Gasteiger charge is 2.10. The van der Waals surface area contributed by atoms with Gasteiger partial charge in [0, 0.05) is 0 Å². The lowest BCUT2D eigenvalue weighted by Crippen LogP contribution is -2.20. The molecule has 0 aliphatic heterocycles. The molecule has 0 saturated heterocycles. The SMILES string of the molecule is COC(=O)c1ccc(-n2c(=S)[nH]c3ccc(C)cc3c2=O)cc1. The third-order valence-electron chi connectivity index (χ3n) is 3.60. The molecule has 0 atom stereocenters. The van der Waals surface area contributed by atoms with Gasteiger partial charge in [-0.1, -0.05) is 11.6 Å². The quantitative estimate of drug-likeness (QED) is 0.580. The maximum Gasteiger partial charge on any atom is 0.337 e. The van der Waals surface area contributed by atoms with Crippen LogP contribution in [-0.2, 0) is 4.74 Å². The molecule has 0 spiro atoms. The van der Waals surface area contributed by atoms with E-state index in [9.17, 15) is 9.59 Å². The van der Waals surface area contributed by atoms with Crippen molar-refractivity contribution in [3.63, 3.8) is 0 Å². The molecule has 3 aromatic rings. The Morgan fingerprint density at radius 1 is 1.17 bits per heavy atom. The minimum Gasteiger partial charge on any atom is -0.465 e. The second-order valence-electron chi connectivity index (χ2n) is 5.16. The Labute approximate surface area is 137 Å². The summed E-state index contributed by atoms with van der Waals surface area (Å²) in [7, 11) is 1.32. The van der Waals surface area contributed by atoms with Crippen molar-refractivity contribution < 1.29 is 9.53 Å². The summed E-state index contributed by atoms with van der Waals surface area (Å²) >= 11 is 5.30. The highest BCUT2D eigenvalue weighted by Crippen LogP contribution is 2.14. The van der Waals surface area contributed by atoms with E-state index in [4.69, 9.17) is 12.2 Å². The highest BCUT2D eigenvalue weighted by molar-refractivity contribution is 7.71. The van der Waals surface area contributed by atoms with Gasteiger partial charge in [-0.3, -0.25) is 9.36 Å². The number of rotatable bonds is 2. The van der Waals surface area contributed by atoms with Gasteiger partial charge in [0.05, 0.1) is 29.3 Å². The Morgan fingerprint density at radius 2 is 1.87 bits per heavy atom. The minimum atomic E-state index is -0.428. The predicted molar refractivity (Wildman–Crippen MR) is 90.8 cm³/mol. The highest BCUT2D eigenvalue weighted by atomic mass is 32.1. The Bertz CT molecular complexity index is 1020. The van der Waals surface area contributed by atoms with Crippen molar-refractivity contribution in [2.75, 3.05) is 7.11 Å². The topological polar surface area (TPSA) is 64.1 Å². The number of methoxy groups -OCH3 is 1. The Hall–Kier alpha value is -2.73. The first kappa shape index (κ1) is 15.2. The third-order valence-corrected chi connectivity index (χ3v) is 3.88. The average molecular weight is 326 g/mol. The Morgan fingerprint density at radius 3 is 2.52 bits per heavy atom. The second kappa shape index (κ2) is 5.81. The number of carbonyl (C=O) groups is 1. The lowest BCUT2D eigenvalue weighted by molar-refractivity contribution is 0.0601. The molecule has 0 amide bonds. The molecule has 1 N–H and O–H groups in total. The summed E-state index contributed by atoms with van der Waals surface area (Å²) in [5.41, 5.74) is 2.50. The number of carbonyl (C=O) groups excluding carboxylic acids is 1. The normalized spacial score (nSPS) is 10.7. The molecular weight excluding hydrogens is 312 g/mol. The number of hydrogen-bond donors (Lipinski definition) is 1. The van der Waals surface area contributed by atoms with Crippen molar-refractivity contribution in [1.82, 2.24) is 9.55 Å². The average Bonchev–Trinajstić information content (AvgIpc) is 2.55. The van der Waals surface area contributed by atoms with Crippen LogP contribution in [0.25, 0.3) is 16.6 Å². The molecular formula is C17H14N2O3S. The fourth-order valence-electron chi connectivity index (χ4n) is 2.43. The summed E-state index contributed by atoms with van der Waals surface area (Å²) in [6, 6.07) is 12.1. The third kappa shape index (κ3) is 2.68. The fourth-order valence-corrected chi connectivity index (χ4v) is 2.73. The predicted octanol–water partition coefficient (Wildman–Crippen LogP) is 3.14. The smallest absolute Gasteiger partial charge is 0.337 e. The first-order valence-corrected chi connectivity index (χ1v) is 7.36. The van der Waals surface area contributed by atoms with Gasteiger partial charge in [-0.25, -0.2) is 4.79 Å². The van der Waals surface area contributed by atoms with Crippen LogP contribution in [0.5, 0.6) is 0 Å². The molecule has 0 fully saturated rings. The molecule has 116 valence electrons. The van der Waals surface area contributed by atoms with Crippen LogP contribution in [0.3, 0.4) is 0 Å². The molecule has 0 saturated carbocycles. The number of ether oxygens (including phenoxy) is 1. The molecule has 0 unspecified atom stereocenters. The van der Waals surface area contributed by atoms with Crippen LogP contribution in [0.1, 0.15) is 15.9 Å². The van der Waals surface area contributed by atoms with Gasteiger partial charge in [-0.15, -0.1) is 0 Å². The number of hydrogen-bond acceptors (Lipinski definition) is 4. The lowest BCUT2D eigenvalue weighted by atomic mass is 10.1. The van der Waals surface area contributed by atoms with Crippen LogP contribution in [-0.4, -0.2) is 22.6 Å². The zero-order chi connectivity index (χ0) is 16.6. The van der Waals surface area contributed by atoms with E-state index >= 15 is 0 Å². The molecule has 5 nitrogen and oxygen atoms in total. The number of H-pyrrole nitrogens is 1. The van der Waals surface area contributed by atoms with Crippen molar-refractivity contribution in [2.45, 2.75) is 6.92 Å². The number of benzene rings is 2. The maximum absolute atomic E-state index is 12.8. The van der Waals surface area contributed by atoms with E-state index in [1.54, 1.807) is 24.3 Å². The number of fused-ring (bicyclic) bond motifs is 1. The number of aryl methyl sites for hydroxylation is 1. The first-order chi connectivity index (χ1) is 11.0. The van der Waals surface area contributed by atoms with E-state index in [1.807, 2.05) is 25.1 Å². The lowest BCUT2D eigenvalue weighted by Gasteiger charge is -2.09. The van der Waals surface area contributed by atoms with Crippen molar-refractivity contribution >= 4 is 29.1 Å². The number of nitrogens with zero attached hydrogens (tertiary/aromatic N) is 1. The fraction of sp³-hybridized carbons (Fsp3) is 0.118. The summed E-state index contributed by atoms with van der Waals surface area (Å²) in [5.74, 6) is -0.428. The summed E-state index contributed by atoms with van der Waals surface area (Å²) in [5, 5.41) is 0.565. The van der Waals surface area contributed by atoms with Gasteiger partial charge in [0.2, 0.25) is 0 Å². The summed E-state index contributed by atoms with van der Waals surface area (Å²) in [4.78, 5) is 27.3. The number of esters is 1. The van der Waals surface area contributed by atoms with Gasteiger partial charge in [-0.2, -0.15) is 0 Å². The number of aromatic amines is 1. The van der Waals surface area contributed by atoms with Crippen molar-refractivity contribution in [2.24, 2.45) is 0 Å². The van der Waals surface area contributed by atoms with Crippen LogP contribution in [0.2, 0.25) is 0 Å². The molecule has 6 heteroatoms. The molecule has 3 rings (SSSR count). The van der Waals surface area contributed by atoms with Gasteiger partial charge < -0.3 is 9.72 Å². The maximum atomic E-state index is 12.8. The van der Waals surface area contributed by atoms with Gasteiger partial charge >= 0.3 is 5.97 Å². The van der Waals surface area contributed by atoms with Crippen LogP contribution >= 0.6 is 12.2 Å². The standard InChI is InChI=1S/C17H14N2O3S/c1-10-3-8-14-13(9-10)15(20)19(17(23)18-14)12-6-4-11(5-7-12)16(21)22-2/h3-9H,1-2H3,(H,18,23). The van der Waals surface area contributed by atoms with E-state index in [-0.39, 0.29) is 5.56 Å². The van der Waals surface area contributed by atoms with Crippen LogP contribution in [0, 0.1) is 11.7 Å². The van der Waals surface area contributed by atoms with Crippen LogP contribution in [0.15, 0.2) is 47.3 Å². The monoisotopic (exact) mass is 326 g/mol. The molecule has 23 heavy (non-hydrogen) atoms. The zero-order valence-electron chi connectivity index (χ0n) is 12.6. The van der Waals surface area contributed by atoms with Gasteiger partial charge in [0.25, 0.3) is 5.56 Å². The van der Waals surface area contributed by atoms with Gasteiger partial charge in [0.15, 0.2) is 4.77 Å². The number of nitrogens with one attached hydrogen (secondary N) is 1. The van der Waals surface area contributed by atoms with Gasteiger partial charge in [0.1, 0.15) is 0 Å². The summed E-state index contributed by atoms with van der Waals surface area (Å²) in [6.07, 6.45) is 0. The summed E-state index contributed by atoms with van der Waals surface area (Å²) < 4.78 is 6.38. The van der Waals surface area contributed by atoms with E-state index in [2.05, 4.69) is 9.72 Å². The molecule has 0 aliphatic rings. The summed E-state index contributed by atoms with van der Waals surface area (Å²) in [6.45, 7) is 1.93. The largest absolute Gasteiger partial charge is 0.465 e.